The van der Waals surface area contributed by atoms with Crippen LogP contribution in [0.1, 0.15) is 35.7 Å². The topological polar surface area (TPSA) is 61.3 Å². The Morgan fingerprint density at radius 2 is 2.00 bits per heavy atom. The van der Waals surface area contributed by atoms with E-state index in [0.29, 0.717) is 6.61 Å². The van der Waals surface area contributed by atoms with Crippen molar-refractivity contribution in [2.24, 2.45) is 0 Å². The van der Waals surface area contributed by atoms with E-state index in [-0.39, 0.29) is 19.0 Å². The molecule has 5 nitrogen and oxygen atoms in total. The van der Waals surface area contributed by atoms with Gasteiger partial charge in [-0.1, -0.05) is 0 Å². The molecule has 1 rings (SSSR count). The van der Waals surface area contributed by atoms with Gasteiger partial charge in [-0.15, -0.1) is 0 Å². The second-order valence-corrected chi connectivity index (χ2v) is 3.40. The van der Waals surface area contributed by atoms with Crippen molar-refractivity contribution in [1.82, 2.24) is 9.97 Å². The molecule has 0 spiro atoms. The number of alkyl halides is 3. The molecule has 0 atom stereocenters. The minimum absolute atomic E-state index is 0.0309. The van der Waals surface area contributed by atoms with Gasteiger partial charge in [0.25, 0.3) is 0 Å². The van der Waals surface area contributed by atoms with Crippen molar-refractivity contribution in [3.8, 4) is 0 Å². The van der Waals surface area contributed by atoms with Crippen molar-refractivity contribution in [3.05, 3.63) is 23.3 Å². The standard InChI is InChI=1S/C11H13F3N2O3/c1-3-18-6-8-15-5-7(10(17)19-4-2)9(16-8)11(12,13)14/h5H,3-4,6H2,1-2H3. The molecule has 0 radical (unpaired) electrons. The zero-order chi connectivity index (χ0) is 14.5. The van der Waals surface area contributed by atoms with Gasteiger partial charge < -0.3 is 9.47 Å². The summed E-state index contributed by atoms with van der Waals surface area (Å²) in [6.07, 6.45) is -3.95. The van der Waals surface area contributed by atoms with Crippen LogP contribution in [0.25, 0.3) is 0 Å². The van der Waals surface area contributed by atoms with Gasteiger partial charge in [-0.3, -0.25) is 0 Å². The predicted molar refractivity (Wildman–Crippen MR) is 58.3 cm³/mol. The summed E-state index contributed by atoms with van der Waals surface area (Å²) in [7, 11) is 0. The summed E-state index contributed by atoms with van der Waals surface area (Å²) >= 11 is 0. The summed E-state index contributed by atoms with van der Waals surface area (Å²) in [4.78, 5) is 18.4. The minimum Gasteiger partial charge on any atom is -0.462 e. The zero-order valence-corrected chi connectivity index (χ0v) is 10.5. The second-order valence-electron chi connectivity index (χ2n) is 3.40. The second kappa shape index (κ2) is 6.46. The third-order valence-electron chi connectivity index (χ3n) is 2.04. The highest BCUT2D eigenvalue weighted by molar-refractivity contribution is 5.90. The summed E-state index contributed by atoms with van der Waals surface area (Å²) in [6, 6.07) is 0. The smallest absolute Gasteiger partial charge is 0.434 e. The molecule has 8 heteroatoms. The number of carbonyl (C=O) groups excluding carboxylic acids is 1. The van der Waals surface area contributed by atoms with Gasteiger partial charge in [0.15, 0.2) is 11.5 Å². The summed E-state index contributed by atoms with van der Waals surface area (Å²) < 4.78 is 47.9. The van der Waals surface area contributed by atoms with Gasteiger partial charge in [-0.25, -0.2) is 14.8 Å². The highest BCUT2D eigenvalue weighted by atomic mass is 19.4. The first kappa shape index (κ1) is 15.4. The number of ether oxygens (including phenoxy) is 2. The van der Waals surface area contributed by atoms with E-state index >= 15 is 0 Å². The van der Waals surface area contributed by atoms with Gasteiger partial charge in [0.05, 0.1) is 6.61 Å². The normalized spacial score (nSPS) is 11.4. The van der Waals surface area contributed by atoms with Crippen LogP contribution < -0.4 is 0 Å². The maximum atomic E-state index is 12.8. The van der Waals surface area contributed by atoms with E-state index in [1.807, 2.05) is 0 Å². The lowest BCUT2D eigenvalue weighted by Gasteiger charge is -2.11. The Balaban J connectivity index is 3.13. The maximum absolute atomic E-state index is 12.8. The van der Waals surface area contributed by atoms with Crippen LogP contribution in [0.15, 0.2) is 6.20 Å². The van der Waals surface area contributed by atoms with Gasteiger partial charge in [0.2, 0.25) is 0 Å². The molecule has 0 fully saturated rings. The van der Waals surface area contributed by atoms with E-state index < -0.39 is 23.4 Å². The quantitative estimate of drug-likeness (QED) is 0.773. The number of nitrogens with zero attached hydrogens (tertiary/aromatic N) is 2. The van der Waals surface area contributed by atoms with Gasteiger partial charge in [0, 0.05) is 12.8 Å². The van der Waals surface area contributed by atoms with Crippen molar-refractivity contribution >= 4 is 5.97 Å². The molecule has 0 aliphatic heterocycles. The average molecular weight is 278 g/mol. The van der Waals surface area contributed by atoms with Gasteiger partial charge >= 0.3 is 12.1 Å². The molecular weight excluding hydrogens is 265 g/mol. The minimum atomic E-state index is -4.76. The van der Waals surface area contributed by atoms with E-state index in [4.69, 9.17) is 4.74 Å². The van der Waals surface area contributed by atoms with Crippen LogP contribution in [0, 0.1) is 0 Å². The fourth-order valence-electron chi connectivity index (χ4n) is 1.26. The Morgan fingerprint density at radius 1 is 1.32 bits per heavy atom. The summed E-state index contributed by atoms with van der Waals surface area (Å²) in [6.45, 7) is 3.33. The molecule has 106 valence electrons. The largest absolute Gasteiger partial charge is 0.462 e. The van der Waals surface area contributed by atoms with Gasteiger partial charge in [-0.05, 0) is 13.8 Å². The van der Waals surface area contributed by atoms with Crippen LogP contribution in [-0.4, -0.2) is 29.2 Å². The molecule has 0 N–H and O–H groups in total. The van der Waals surface area contributed by atoms with Crippen LogP contribution in [0.4, 0.5) is 13.2 Å². The van der Waals surface area contributed by atoms with Crippen LogP contribution in [0.3, 0.4) is 0 Å². The highest BCUT2D eigenvalue weighted by Crippen LogP contribution is 2.30. The first-order chi connectivity index (χ1) is 8.90. The number of halogens is 3. The lowest BCUT2D eigenvalue weighted by molar-refractivity contribution is -0.142. The molecule has 0 aromatic carbocycles. The third kappa shape index (κ3) is 4.16. The molecule has 1 heterocycles. The summed E-state index contributed by atoms with van der Waals surface area (Å²) in [5.74, 6) is -1.24. The molecule has 0 saturated carbocycles. The molecule has 0 aliphatic rings. The Bertz CT molecular complexity index is 449. The van der Waals surface area contributed by atoms with E-state index in [1.54, 1.807) is 6.92 Å². The first-order valence-corrected chi connectivity index (χ1v) is 5.58. The Hall–Kier alpha value is -1.70. The fourth-order valence-corrected chi connectivity index (χ4v) is 1.26. The summed E-state index contributed by atoms with van der Waals surface area (Å²) in [5.41, 5.74) is -2.01. The Morgan fingerprint density at radius 3 is 2.53 bits per heavy atom. The fraction of sp³-hybridized carbons (Fsp3) is 0.545. The zero-order valence-electron chi connectivity index (χ0n) is 10.5. The molecule has 0 amide bonds. The van der Waals surface area contributed by atoms with Crippen molar-refractivity contribution in [1.29, 1.82) is 0 Å². The average Bonchev–Trinajstić information content (AvgIpc) is 2.35. The lowest BCUT2D eigenvalue weighted by atomic mass is 10.2. The predicted octanol–water partition coefficient (Wildman–Crippen LogP) is 2.21. The molecule has 0 aliphatic carbocycles. The number of carbonyl (C=O) groups is 1. The van der Waals surface area contributed by atoms with Gasteiger partial charge in [-0.2, -0.15) is 13.2 Å². The van der Waals surface area contributed by atoms with Crippen molar-refractivity contribution in [2.45, 2.75) is 26.6 Å². The van der Waals surface area contributed by atoms with Gasteiger partial charge in [0.1, 0.15) is 12.2 Å². The summed E-state index contributed by atoms with van der Waals surface area (Å²) in [5, 5.41) is 0. The van der Waals surface area contributed by atoms with E-state index in [0.717, 1.165) is 6.20 Å². The monoisotopic (exact) mass is 278 g/mol. The van der Waals surface area contributed by atoms with Crippen LogP contribution in [0.5, 0.6) is 0 Å². The van der Waals surface area contributed by atoms with E-state index in [9.17, 15) is 18.0 Å². The van der Waals surface area contributed by atoms with Crippen LogP contribution in [0.2, 0.25) is 0 Å². The SMILES string of the molecule is CCOCc1ncc(C(=O)OCC)c(C(F)(F)F)n1. The maximum Gasteiger partial charge on any atom is 0.434 e. The Labute approximate surface area is 107 Å². The molecule has 0 bridgehead atoms. The first-order valence-electron chi connectivity index (χ1n) is 5.58. The van der Waals surface area contributed by atoms with Crippen LogP contribution >= 0.6 is 0 Å². The highest BCUT2D eigenvalue weighted by Gasteiger charge is 2.38. The van der Waals surface area contributed by atoms with E-state index in [2.05, 4.69) is 14.7 Å². The van der Waals surface area contributed by atoms with Crippen molar-refractivity contribution in [2.75, 3.05) is 13.2 Å². The number of aromatic nitrogens is 2. The molecular formula is C11H13F3N2O3. The molecule has 0 unspecified atom stereocenters. The Kier molecular flexibility index (Phi) is 5.22. The van der Waals surface area contributed by atoms with Crippen molar-refractivity contribution in [3.63, 3.8) is 0 Å². The van der Waals surface area contributed by atoms with Crippen LogP contribution in [-0.2, 0) is 22.3 Å². The third-order valence-corrected chi connectivity index (χ3v) is 2.04. The molecule has 1 aromatic heterocycles. The number of hydrogen-bond acceptors (Lipinski definition) is 5. The lowest BCUT2D eigenvalue weighted by Crippen LogP contribution is -2.19. The molecule has 1 aromatic rings. The molecule has 0 saturated heterocycles. The number of rotatable bonds is 5. The number of hydrogen-bond donors (Lipinski definition) is 0. The molecule has 19 heavy (non-hydrogen) atoms. The number of esters is 1. The van der Waals surface area contributed by atoms with Crippen molar-refractivity contribution < 1.29 is 27.4 Å². The van der Waals surface area contributed by atoms with E-state index in [1.165, 1.54) is 6.92 Å².